The van der Waals surface area contributed by atoms with Crippen molar-refractivity contribution < 1.29 is 23.9 Å². The highest BCUT2D eigenvalue weighted by atomic mass is 16.5. The maximum absolute atomic E-state index is 12.4. The Morgan fingerprint density at radius 2 is 1.83 bits per heavy atom. The van der Waals surface area contributed by atoms with Gasteiger partial charge in [0.05, 0.1) is 34.4 Å². The molecule has 0 radical (unpaired) electrons. The highest BCUT2D eigenvalue weighted by molar-refractivity contribution is 5.80. The molecule has 6 nitrogen and oxygen atoms in total. The summed E-state index contributed by atoms with van der Waals surface area (Å²) < 4.78 is 16.5. The number of nitrogens with one attached hydrogen (secondary N) is 2. The van der Waals surface area contributed by atoms with Crippen LogP contribution in [0.4, 0.5) is 0 Å². The number of quaternary nitrogens is 1. The molecule has 160 valence electrons. The van der Waals surface area contributed by atoms with E-state index in [2.05, 4.69) is 29.6 Å². The fourth-order valence-electron chi connectivity index (χ4n) is 4.37. The van der Waals surface area contributed by atoms with Crippen LogP contribution in [0.2, 0.25) is 0 Å². The molecule has 2 aromatic carbocycles. The van der Waals surface area contributed by atoms with Crippen LogP contribution >= 0.6 is 0 Å². The first-order valence-corrected chi connectivity index (χ1v) is 10.6. The minimum Gasteiger partial charge on any atom is -0.497 e. The number of benzene rings is 2. The van der Waals surface area contributed by atoms with Gasteiger partial charge in [0.25, 0.3) is 0 Å². The van der Waals surface area contributed by atoms with Crippen LogP contribution in [0.5, 0.6) is 17.2 Å². The Morgan fingerprint density at radius 3 is 2.53 bits per heavy atom. The lowest BCUT2D eigenvalue weighted by atomic mass is 9.91. The summed E-state index contributed by atoms with van der Waals surface area (Å²) in [5.74, 6) is 2.75. The molecule has 4 rings (SSSR count). The first-order chi connectivity index (χ1) is 14.6. The molecule has 1 aliphatic heterocycles. The topological polar surface area (TPSA) is 61.2 Å². The van der Waals surface area contributed by atoms with Crippen LogP contribution in [0.25, 0.3) is 0 Å². The van der Waals surface area contributed by atoms with Crippen molar-refractivity contribution in [1.82, 2.24) is 5.32 Å². The molecular weight excluding hydrogens is 380 g/mol. The fraction of sp³-hybridized carbons (Fsp3) is 0.458. The monoisotopic (exact) mass is 411 g/mol. The lowest BCUT2D eigenvalue weighted by Crippen LogP contribution is -3.12. The van der Waals surface area contributed by atoms with E-state index in [1.165, 1.54) is 21.6 Å². The van der Waals surface area contributed by atoms with Gasteiger partial charge < -0.3 is 24.4 Å². The Labute approximate surface area is 178 Å². The molecule has 6 heteroatoms. The second-order valence-corrected chi connectivity index (χ2v) is 8.16. The third-order valence-corrected chi connectivity index (χ3v) is 6.22. The van der Waals surface area contributed by atoms with Crippen molar-refractivity contribution in [3.63, 3.8) is 0 Å². The molecule has 1 amide bonds. The van der Waals surface area contributed by atoms with Gasteiger partial charge in [-0.3, -0.25) is 4.79 Å². The van der Waals surface area contributed by atoms with E-state index >= 15 is 0 Å². The molecule has 2 aromatic rings. The lowest BCUT2D eigenvalue weighted by molar-refractivity contribution is -0.945. The van der Waals surface area contributed by atoms with Gasteiger partial charge >= 0.3 is 0 Å². The zero-order valence-corrected chi connectivity index (χ0v) is 18.0. The smallest absolute Gasteiger partial charge is 0.223 e. The van der Waals surface area contributed by atoms with Crippen LogP contribution in [0, 0.1) is 5.92 Å². The van der Waals surface area contributed by atoms with Crippen LogP contribution in [0.15, 0.2) is 36.4 Å². The van der Waals surface area contributed by atoms with E-state index in [0.29, 0.717) is 6.54 Å². The van der Waals surface area contributed by atoms with E-state index in [-0.39, 0.29) is 17.9 Å². The zero-order chi connectivity index (χ0) is 21.1. The third kappa shape index (κ3) is 4.38. The third-order valence-electron chi connectivity index (χ3n) is 6.22. The number of rotatable bonds is 8. The van der Waals surface area contributed by atoms with E-state index in [1.54, 1.807) is 21.3 Å². The number of carbonyl (C=O) groups is 1. The van der Waals surface area contributed by atoms with Crippen molar-refractivity contribution >= 4 is 5.91 Å². The summed E-state index contributed by atoms with van der Waals surface area (Å²) in [6, 6.07) is 12.6. The first kappa shape index (κ1) is 20.5. The summed E-state index contributed by atoms with van der Waals surface area (Å²) in [5, 5.41) is 3.20. The Bertz CT molecular complexity index is 910. The van der Waals surface area contributed by atoms with Crippen LogP contribution in [0.3, 0.4) is 0 Å². The van der Waals surface area contributed by atoms with Crippen molar-refractivity contribution in [2.75, 3.05) is 34.4 Å². The number of fused-ring (bicyclic) bond motifs is 1. The predicted molar refractivity (Wildman–Crippen MR) is 114 cm³/mol. The molecule has 1 heterocycles. The average Bonchev–Trinajstić information content (AvgIpc) is 3.62. The van der Waals surface area contributed by atoms with Gasteiger partial charge in [-0.2, -0.15) is 0 Å². The van der Waals surface area contributed by atoms with Crippen molar-refractivity contribution in [2.45, 2.75) is 31.8 Å². The van der Waals surface area contributed by atoms with Crippen molar-refractivity contribution in [1.29, 1.82) is 0 Å². The molecule has 1 fully saturated rings. The summed E-state index contributed by atoms with van der Waals surface area (Å²) in [5.41, 5.74) is 3.73. The van der Waals surface area contributed by atoms with Crippen LogP contribution < -0.4 is 24.4 Å². The number of methoxy groups -OCH3 is 3. The van der Waals surface area contributed by atoms with E-state index in [9.17, 15) is 4.79 Å². The van der Waals surface area contributed by atoms with Gasteiger partial charge in [-0.05, 0) is 42.7 Å². The molecule has 2 aliphatic rings. The SMILES string of the molecule is COc1cccc(C[NH+]2CCc3cc(OC)c(OC)cc3[C@H]2CNC(=O)C2CC2)c1. The number of carbonyl (C=O) groups excluding carboxylic acids is 1. The van der Waals surface area contributed by atoms with E-state index in [1.807, 2.05) is 12.1 Å². The largest absolute Gasteiger partial charge is 0.497 e. The second kappa shape index (κ2) is 8.96. The van der Waals surface area contributed by atoms with Gasteiger partial charge in [0.15, 0.2) is 11.5 Å². The van der Waals surface area contributed by atoms with Crippen LogP contribution in [-0.2, 0) is 17.8 Å². The van der Waals surface area contributed by atoms with E-state index in [0.717, 1.165) is 49.6 Å². The number of hydrogen-bond acceptors (Lipinski definition) is 4. The van der Waals surface area contributed by atoms with Crippen molar-refractivity contribution in [2.24, 2.45) is 5.92 Å². The van der Waals surface area contributed by atoms with E-state index in [4.69, 9.17) is 14.2 Å². The van der Waals surface area contributed by atoms with E-state index < -0.39 is 0 Å². The predicted octanol–water partition coefficient (Wildman–Crippen LogP) is 1.92. The van der Waals surface area contributed by atoms with Gasteiger partial charge in [0.1, 0.15) is 18.3 Å². The molecule has 0 bridgehead atoms. The summed E-state index contributed by atoms with van der Waals surface area (Å²) in [4.78, 5) is 13.8. The highest BCUT2D eigenvalue weighted by Gasteiger charge is 2.35. The molecule has 2 atom stereocenters. The molecular formula is C24H31N2O4+. The first-order valence-electron chi connectivity index (χ1n) is 10.6. The molecule has 1 aliphatic carbocycles. The maximum Gasteiger partial charge on any atom is 0.223 e. The molecule has 2 N–H and O–H groups in total. The summed E-state index contributed by atoms with van der Waals surface area (Å²) in [6.07, 6.45) is 2.99. The molecule has 30 heavy (non-hydrogen) atoms. The molecule has 1 unspecified atom stereocenters. The normalized spacial score (nSPS) is 20.2. The Morgan fingerprint density at radius 1 is 1.07 bits per heavy atom. The van der Waals surface area contributed by atoms with Gasteiger partial charge in [-0.1, -0.05) is 12.1 Å². The number of amides is 1. The highest BCUT2D eigenvalue weighted by Crippen LogP contribution is 2.34. The second-order valence-electron chi connectivity index (χ2n) is 8.16. The summed E-state index contributed by atoms with van der Waals surface area (Å²) in [6.45, 7) is 2.48. The fourth-order valence-corrected chi connectivity index (χ4v) is 4.37. The number of hydrogen-bond donors (Lipinski definition) is 2. The summed E-state index contributed by atoms with van der Waals surface area (Å²) >= 11 is 0. The van der Waals surface area contributed by atoms with Gasteiger partial charge in [0.2, 0.25) is 5.91 Å². The average molecular weight is 412 g/mol. The minimum absolute atomic E-state index is 0.155. The van der Waals surface area contributed by atoms with Crippen molar-refractivity contribution in [3.05, 3.63) is 53.1 Å². The van der Waals surface area contributed by atoms with Crippen LogP contribution in [-0.4, -0.2) is 40.3 Å². The Hall–Kier alpha value is -2.73. The van der Waals surface area contributed by atoms with Gasteiger partial charge in [-0.15, -0.1) is 0 Å². The Balaban J connectivity index is 1.62. The quantitative estimate of drug-likeness (QED) is 0.697. The minimum atomic E-state index is 0.155. The molecule has 1 saturated carbocycles. The summed E-state index contributed by atoms with van der Waals surface area (Å²) in [7, 11) is 5.03. The molecule has 0 aromatic heterocycles. The Kier molecular flexibility index (Phi) is 6.13. The standard InChI is InChI=1S/C24H30N2O4/c1-28-19-6-4-5-16(11-19)15-26-10-9-18-12-22(29-2)23(30-3)13-20(18)21(26)14-25-24(27)17-7-8-17/h4-6,11-13,17,21H,7-10,14-15H2,1-3H3,(H,25,27)/p+1/t21-/m1/s1. The van der Waals surface area contributed by atoms with Gasteiger partial charge in [0, 0.05) is 23.5 Å². The van der Waals surface area contributed by atoms with Gasteiger partial charge in [-0.25, -0.2) is 0 Å². The number of ether oxygens (including phenoxy) is 3. The molecule has 0 spiro atoms. The maximum atomic E-state index is 12.4. The lowest BCUT2D eigenvalue weighted by Gasteiger charge is -2.35. The molecule has 0 saturated heterocycles. The van der Waals surface area contributed by atoms with Crippen LogP contribution in [0.1, 0.15) is 35.6 Å². The zero-order valence-electron chi connectivity index (χ0n) is 18.0. The van der Waals surface area contributed by atoms with Crippen molar-refractivity contribution in [3.8, 4) is 17.2 Å².